The van der Waals surface area contributed by atoms with E-state index in [4.69, 9.17) is 9.15 Å². The molecule has 0 aromatic carbocycles. The predicted octanol–water partition coefficient (Wildman–Crippen LogP) is 2.01. The third kappa shape index (κ3) is 4.07. The van der Waals surface area contributed by atoms with E-state index in [-0.39, 0.29) is 0 Å². The first kappa shape index (κ1) is 17.2. The van der Waals surface area contributed by atoms with E-state index < -0.39 is 0 Å². The largest absolute Gasteiger partial charge is 0.424 e. The summed E-state index contributed by atoms with van der Waals surface area (Å²) < 4.78 is 13.2. The van der Waals surface area contributed by atoms with Crippen LogP contribution in [0.5, 0.6) is 0 Å². The lowest BCUT2D eigenvalue weighted by atomic mass is 10.2. The maximum absolute atomic E-state index is 5.57. The van der Waals surface area contributed by atoms with Gasteiger partial charge in [0.05, 0.1) is 19.0 Å². The van der Waals surface area contributed by atoms with E-state index in [1.807, 2.05) is 6.92 Å². The highest BCUT2D eigenvalue weighted by molar-refractivity contribution is 7.98. The minimum Gasteiger partial charge on any atom is -0.424 e. The minimum absolute atomic E-state index is 0.509. The van der Waals surface area contributed by atoms with E-state index in [0.29, 0.717) is 23.5 Å². The number of anilines is 1. The smallest absolute Gasteiger partial charge is 0.228 e. The lowest BCUT2D eigenvalue weighted by Gasteiger charge is -2.28. The molecule has 1 aliphatic heterocycles. The highest BCUT2D eigenvalue weighted by atomic mass is 32.2. The monoisotopic (exact) mass is 352 g/mol. The molecule has 0 bridgehead atoms. The van der Waals surface area contributed by atoms with Crippen molar-refractivity contribution < 1.29 is 9.15 Å². The second-order valence-electron chi connectivity index (χ2n) is 6.12. The molecule has 3 heterocycles. The Kier molecular flexibility index (Phi) is 5.72. The molecule has 24 heavy (non-hydrogen) atoms. The Bertz CT molecular complexity index is 650. The molecular formula is C15H24N6O2S. The second-order valence-corrected chi connectivity index (χ2v) is 7.06. The Balaban J connectivity index is 1.74. The Morgan fingerprint density at radius 1 is 1.08 bits per heavy atom. The molecule has 0 spiro atoms. The van der Waals surface area contributed by atoms with E-state index in [1.54, 1.807) is 11.8 Å². The van der Waals surface area contributed by atoms with Crippen molar-refractivity contribution in [1.29, 1.82) is 0 Å². The number of hydrogen-bond acceptors (Lipinski definition) is 8. The van der Waals surface area contributed by atoms with Crippen LogP contribution < -0.4 is 4.90 Å². The summed E-state index contributed by atoms with van der Waals surface area (Å²) in [6, 6.07) is 0. The zero-order chi connectivity index (χ0) is 16.9. The Labute approximate surface area is 146 Å². The maximum atomic E-state index is 5.57. The molecule has 0 amide bonds. The first-order valence-corrected chi connectivity index (χ1v) is 9.36. The van der Waals surface area contributed by atoms with Crippen LogP contribution in [0.2, 0.25) is 0 Å². The van der Waals surface area contributed by atoms with E-state index in [9.17, 15) is 0 Å². The van der Waals surface area contributed by atoms with Gasteiger partial charge < -0.3 is 14.1 Å². The van der Waals surface area contributed by atoms with E-state index in [0.717, 1.165) is 50.4 Å². The highest BCUT2D eigenvalue weighted by Gasteiger charge is 2.21. The summed E-state index contributed by atoms with van der Waals surface area (Å²) in [6.45, 7) is 10.4. The molecule has 0 N–H and O–H groups in total. The van der Waals surface area contributed by atoms with Gasteiger partial charge >= 0.3 is 0 Å². The Morgan fingerprint density at radius 3 is 2.50 bits per heavy atom. The number of aromatic nitrogens is 5. The molecule has 1 fully saturated rings. The van der Waals surface area contributed by atoms with Crippen molar-refractivity contribution in [3.05, 3.63) is 11.8 Å². The molecule has 0 atom stereocenters. The molecule has 0 aliphatic carbocycles. The fraction of sp³-hybridized carbons (Fsp3) is 0.733. The Hall–Kier alpha value is -1.61. The molecule has 8 nitrogen and oxygen atoms in total. The van der Waals surface area contributed by atoms with Crippen LogP contribution in [0.1, 0.15) is 32.6 Å². The Morgan fingerprint density at radius 2 is 1.83 bits per heavy atom. The molecule has 1 saturated heterocycles. The van der Waals surface area contributed by atoms with Crippen LogP contribution in [0.4, 0.5) is 5.95 Å². The van der Waals surface area contributed by atoms with Gasteiger partial charge in [-0.2, -0.15) is 0 Å². The van der Waals surface area contributed by atoms with Crippen LogP contribution >= 0.6 is 11.8 Å². The summed E-state index contributed by atoms with van der Waals surface area (Å²) >= 11 is 1.59. The third-order valence-corrected chi connectivity index (χ3v) is 4.63. The van der Waals surface area contributed by atoms with Crippen LogP contribution in [0.15, 0.2) is 9.57 Å². The van der Waals surface area contributed by atoms with Gasteiger partial charge in [-0.3, -0.25) is 4.57 Å². The van der Waals surface area contributed by atoms with Crippen LogP contribution in [-0.2, 0) is 23.5 Å². The van der Waals surface area contributed by atoms with Crippen molar-refractivity contribution in [2.75, 3.05) is 31.2 Å². The van der Waals surface area contributed by atoms with Gasteiger partial charge in [0.1, 0.15) is 0 Å². The number of morpholine rings is 1. The highest BCUT2D eigenvalue weighted by Crippen LogP contribution is 2.26. The van der Waals surface area contributed by atoms with Gasteiger partial charge in [-0.15, -0.1) is 20.4 Å². The molecule has 0 unspecified atom stereocenters. The number of ether oxygens (including phenoxy) is 1. The SMILES string of the molecule is CCc1nnc(CSc2nnc(N3CCOCC3)n2CC(C)C)o1. The third-order valence-electron chi connectivity index (χ3n) is 3.67. The van der Waals surface area contributed by atoms with Crippen LogP contribution in [0.3, 0.4) is 0 Å². The van der Waals surface area contributed by atoms with E-state index >= 15 is 0 Å². The molecule has 1 aliphatic rings. The van der Waals surface area contributed by atoms with Crippen molar-refractivity contribution in [3.8, 4) is 0 Å². The fourth-order valence-corrected chi connectivity index (χ4v) is 3.31. The normalized spacial score (nSPS) is 15.4. The number of thioether (sulfide) groups is 1. The number of rotatable bonds is 7. The lowest BCUT2D eigenvalue weighted by Crippen LogP contribution is -2.38. The summed E-state index contributed by atoms with van der Waals surface area (Å²) in [5.41, 5.74) is 0. The zero-order valence-corrected chi connectivity index (χ0v) is 15.3. The van der Waals surface area contributed by atoms with Gasteiger partial charge in [0, 0.05) is 26.1 Å². The first-order valence-electron chi connectivity index (χ1n) is 8.37. The van der Waals surface area contributed by atoms with Crippen molar-refractivity contribution >= 4 is 17.7 Å². The average molecular weight is 352 g/mol. The number of hydrogen-bond donors (Lipinski definition) is 0. The summed E-state index contributed by atoms with van der Waals surface area (Å²) in [4.78, 5) is 2.24. The van der Waals surface area contributed by atoms with E-state index in [2.05, 4.69) is 43.7 Å². The fourth-order valence-electron chi connectivity index (χ4n) is 2.53. The lowest BCUT2D eigenvalue weighted by molar-refractivity contribution is 0.121. The first-order chi connectivity index (χ1) is 11.7. The minimum atomic E-state index is 0.509. The summed E-state index contributed by atoms with van der Waals surface area (Å²) in [5.74, 6) is 3.34. The van der Waals surface area contributed by atoms with Crippen molar-refractivity contribution in [2.24, 2.45) is 5.92 Å². The summed E-state index contributed by atoms with van der Waals surface area (Å²) in [7, 11) is 0. The molecule has 9 heteroatoms. The van der Waals surface area contributed by atoms with Gasteiger partial charge in [-0.1, -0.05) is 32.5 Å². The topological polar surface area (TPSA) is 82.1 Å². The van der Waals surface area contributed by atoms with Crippen LogP contribution in [0, 0.1) is 5.92 Å². The second kappa shape index (κ2) is 7.98. The molecule has 0 radical (unpaired) electrons. The van der Waals surface area contributed by atoms with Crippen molar-refractivity contribution in [1.82, 2.24) is 25.0 Å². The molecule has 132 valence electrons. The standard InChI is InChI=1S/C15H24N6O2S/c1-4-12-16-17-13(23-12)10-24-15-19-18-14(21(15)9-11(2)3)20-5-7-22-8-6-20/h11H,4-10H2,1-3H3. The molecule has 2 aromatic heterocycles. The van der Waals surface area contributed by atoms with E-state index in [1.165, 1.54) is 0 Å². The molecule has 2 aromatic rings. The van der Waals surface area contributed by atoms with Gasteiger partial charge in [0.2, 0.25) is 17.7 Å². The predicted molar refractivity (Wildman–Crippen MR) is 91.1 cm³/mol. The van der Waals surface area contributed by atoms with Crippen molar-refractivity contribution in [2.45, 2.75) is 44.6 Å². The van der Waals surface area contributed by atoms with Gasteiger partial charge in [0.15, 0.2) is 5.16 Å². The zero-order valence-electron chi connectivity index (χ0n) is 14.4. The quantitative estimate of drug-likeness (QED) is 0.700. The van der Waals surface area contributed by atoms with Gasteiger partial charge in [-0.05, 0) is 5.92 Å². The number of aryl methyl sites for hydroxylation is 1. The van der Waals surface area contributed by atoms with Crippen LogP contribution in [0.25, 0.3) is 0 Å². The summed E-state index contributed by atoms with van der Waals surface area (Å²) in [6.07, 6.45) is 0.752. The summed E-state index contributed by atoms with van der Waals surface area (Å²) in [5, 5.41) is 17.8. The van der Waals surface area contributed by atoms with Crippen LogP contribution in [-0.4, -0.2) is 51.3 Å². The van der Waals surface area contributed by atoms with Gasteiger partial charge in [0.25, 0.3) is 0 Å². The van der Waals surface area contributed by atoms with Crippen molar-refractivity contribution in [3.63, 3.8) is 0 Å². The molecule has 0 saturated carbocycles. The average Bonchev–Trinajstić information content (AvgIpc) is 3.20. The molecule has 3 rings (SSSR count). The van der Waals surface area contributed by atoms with Gasteiger partial charge in [-0.25, -0.2) is 0 Å². The molecular weight excluding hydrogens is 328 g/mol. The maximum Gasteiger partial charge on any atom is 0.228 e. The number of nitrogens with zero attached hydrogens (tertiary/aromatic N) is 6.